The van der Waals surface area contributed by atoms with E-state index in [9.17, 15) is 13.2 Å². The molecule has 0 amide bonds. The fourth-order valence-electron chi connectivity index (χ4n) is 1.80. The van der Waals surface area contributed by atoms with Crippen molar-refractivity contribution in [3.8, 4) is 17.2 Å². The van der Waals surface area contributed by atoms with Gasteiger partial charge in [-0.25, -0.2) is 0 Å². The molecule has 0 spiro atoms. The van der Waals surface area contributed by atoms with Crippen LogP contribution in [-0.2, 0) is 12.6 Å². The van der Waals surface area contributed by atoms with Gasteiger partial charge in [0.15, 0.2) is 0 Å². The molecule has 0 bridgehead atoms. The fourth-order valence-corrected chi connectivity index (χ4v) is 1.95. The van der Waals surface area contributed by atoms with Crippen LogP contribution in [0.25, 0.3) is 11.1 Å². The van der Waals surface area contributed by atoms with E-state index in [4.69, 9.17) is 16.9 Å². The lowest BCUT2D eigenvalue weighted by atomic mass is 10.0. The van der Waals surface area contributed by atoms with E-state index in [0.29, 0.717) is 21.8 Å². The van der Waals surface area contributed by atoms with Crippen molar-refractivity contribution in [2.75, 3.05) is 0 Å². The summed E-state index contributed by atoms with van der Waals surface area (Å²) in [7, 11) is 0. The number of rotatable bonds is 2. The molecule has 0 saturated carbocycles. The highest BCUT2D eigenvalue weighted by molar-refractivity contribution is 6.30. The minimum absolute atomic E-state index is 0.00273. The maximum absolute atomic E-state index is 12.7. The summed E-state index contributed by atoms with van der Waals surface area (Å²) in [4.78, 5) is 4.00. The van der Waals surface area contributed by atoms with Crippen LogP contribution in [0.2, 0.25) is 5.02 Å². The minimum atomic E-state index is -4.42. The maximum atomic E-state index is 12.7. The normalized spacial score (nSPS) is 11.2. The topological polar surface area (TPSA) is 36.7 Å². The zero-order valence-corrected chi connectivity index (χ0v) is 10.8. The van der Waals surface area contributed by atoms with E-state index < -0.39 is 11.7 Å². The number of hydrogen-bond acceptors (Lipinski definition) is 2. The van der Waals surface area contributed by atoms with E-state index in [1.54, 1.807) is 0 Å². The molecule has 0 aliphatic carbocycles. The summed E-state index contributed by atoms with van der Waals surface area (Å²) in [5.41, 5.74) is 0.416. The van der Waals surface area contributed by atoms with Crippen LogP contribution in [0.5, 0.6) is 0 Å². The number of halogens is 4. The smallest absolute Gasteiger partial charge is 0.258 e. The van der Waals surface area contributed by atoms with Gasteiger partial charge in [0, 0.05) is 11.8 Å². The first-order chi connectivity index (χ1) is 9.41. The van der Waals surface area contributed by atoms with Gasteiger partial charge in [0.05, 0.1) is 28.8 Å². The van der Waals surface area contributed by atoms with E-state index in [1.165, 1.54) is 24.4 Å². The van der Waals surface area contributed by atoms with Crippen LogP contribution in [0, 0.1) is 11.3 Å². The Morgan fingerprint density at radius 2 is 2.00 bits per heavy atom. The molecule has 2 aromatic rings. The number of hydrogen-bond donors (Lipinski definition) is 0. The fraction of sp³-hybridized carbons (Fsp3) is 0.143. The summed E-state index contributed by atoms with van der Waals surface area (Å²) in [5.74, 6) is 0. The molecule has 1 aromatic heterocycles. The van der Waals surface area contributed by atoms with Crippen molar-refractivity contribution in [2.24, 2.45) is 0 Å². The summed E-state index contributed by atoms with van der Waals surface area (Å²) in [6, 6.07) is 8.30. The first kappa shape index (κ1) is 14.4. The van der Waals surface area contributed by atoms with Crippen molar-refractivity contribution >= 4 is 11.6 Å². The van der Waals surface area contributed by atoms with Gasteiger partial charge in [-0.1, -0.05) is 23.7 Å². The Hall–Kier alpha value is -2.06. The first-order valence-electron chi connectivity index (χ1n) is 5.61. The second-order valence-corrected chi connectivity index (χ2v) is 4.50. The molecule has 1 heterocycles. The highest BCUT2D eigenvalue weighted by Crippen LogP contribution is 2.33. The zero-order chi connectivity index (χ0) is 14.8. The molecule has 0 N–H and O–H groups in total. The third-order valence-corrected chi connectivity index (χ3v) is 2.89. The van der Waals surface area contributed by atoms with Crippen LogP contribution in [0.4, 0.5) is 13.2 Å². The van der Waals surface area contributed by atoms with Gasteiger partial charge in [0.2, 0.25) is 0 Å². The molecular weight excluding hydrogens is 289 g/mol. The highest BCUT2D eigenvalue weighted by atomic mass is 35.5. The Labute approximate surface area is 118 Å². The molecule has 2 rings (SSSR count). The van der Waals surface area contributed by atoms with Crippen molar-refractivity contribution in [1.82, 2.24) is 4.98 Å². The van der Waals surface area contributed by atoms with E-state index >= 15 is 0 Å². The highest BCUT2D eigenvalue weighted by Gasteiger charge is 2.30. The molecule has 20 heavy (non-hydrogen) atoms. The summed E-state index contributed by atoms with van der Waals surface area (Å²) >= 11 is 5.83. The Morgan fingerprint density at radius 3 is 2.65 bits per heavy atom. The number of alkyl halides is 3. The molecule has 0 unspecified atom stereocenters. The molecule has 2 nitrogen and oxygen atoms in total. The van der Waals surface area contributed by atoms with E-state index in [1.807, 2.05) is 6.07 Å². The average molecular weight is 297 g/mol. The Morgan fingerprint density at radius 1 is 1.25 bits per heavy atom. The summed E-state index contributed by atoms with van der Waals surface area (Å²) in [6.45, 7) is 0. The number of benzene rings is 1. The van der Waals surface area contributed by atoms with Gasteiger partial charge < -0.3 is 0 Å². The molecule has 0 aliphatic heterocycles. The standard InChI is InChI=1S/C14H8ClF3N2/c15-11-7-12(13(4-5-19)20-8-11)9-2-1-3-10(6-9)14(16,17)18/h1-3,6-8H,4H2. The van der Waals surface area contributed by atoms with E-state index in [2.05, 4.69) is 4.98 Å². The summed E-state index contributed by atoms with van der Waals surface area (Å²) in [6.07, 6.45) is -3.05. The van der Waals surface area contributed by atoms with Gasteiger partial charge >= 0.3 is 6.18 Å². The minimum Gasteiger partial charge on any atom is -0.258 e. The third kappa shape index (κ3) is 3.09. The predicted octanol–water partition coefficient (Wildman–Crippen LogP) is 4.49. The molecular formula is C14H8ClF3N2. The maximum Gasteiger partial charge on any atom is 0.416 e. The molecule has 1 aromatic carbocycles. The molecule has 0 atom stereocenters. The average Bonchev–Trinajstić information content (AvgIpc) is 2.40. The van der Waals surface area contributed by atoms with Gasteiger partial charge in [-0.3, -0.25) is 4.98 Å². The lowest BCUT2D eigenvalue weighted by molar-refractivity contribution is -0.137. The lowest BCUT2D eigenvalue weighted by Gasteiger charge is -2.11. The van der Waals surface area contributed by atoms with Crippen LogP contribution in [0.15, 0.2) is 36.5 Å². The monoisotopic (exact) mass is 296 g/mol. The van der Waals surface area contributed by atoms with Crippen LogP contribution < -0.4 is 0 Å². The van der Waals surface area contributed by atoms with Crippen LogP contribution in [-0.4, -0.2) is 4.98 Å². The summed E-state index contributed by atoms with van der Waals surface area (Å²) in [5, 5.41) is 9.05. The van der Waals surface area contributed by atoms with Crippen molar-refractivity contribution < 1.29 is 13.2 Å². The Kier molecular flexibility index (Phi) is 3.96. The van der Waals surface area contributed by atoms with Gasteiger partial charge in [0.1, 0.15) is 0 Å². The zero-order valence-electron chi connectivity index (χ0n) is 10.1. The second kappa shape index (κ2) is 5.51. The molecule has 0 saturated heterocycles. The largest absolute Gasteiger partial charge is 0.416 e. The number of nitriles is 1. The molecule has 0 fully saturated rings. The second-order valence-electron chi connectivity index (χ2n) is 4.06. The Balaban J connectivity index is 2.57. The molecule has 0 radical (unpaired) electrons. The van der Waals surface area contributed by atoms with E-state index in [-0.39, 0.29) is 6.42 Å². The number of nitrogens with zero attached hydrogens (tertiary/aromatic N) is 2. The van der Waals surface area contributed by atoms with E-state index in [0.717, 1.165) is 12.1 Å². The molecule has 6 heteroatoms. The van der Waals surface area contributed by atoms with Gasteiger partial charge in [-0.05, 0) is 23.8 Å². The lowest BCUT2D eigenvalue weighted by Crippen LogP contribution is -2.04. The quantitative estimate of drug-likeness (QED) is 0.819. The van der Waals surface area contributed by atoms with Gasteiger partial charge in [-0.2, -0.15) is 18.4 Å². The Bertz CT molecular complexity index is 675. The van der Waals surface area contributed by atoms with Crippen molar-refractivity contribution in [2.45, 2.75) is 12.6 Å². The summed E-state index contributed by atoms with van der Waals surface area (Å²) < 4.78 is 38.2. The van der Waals surface area contributed by atoms with Crippen molar-refractivity contribution in [3.05, 3.63) is 52.8 Å². The van der Waals surface area contributed by atoms with Crippen molar-refractivity contribution in [3.63, 3.8) is 0 Å². The molecule has 0 aliphatic rings. The SMILES string of the molecule is N#CCc1ncc(Cl)cc1-c1cccc(C(F)(F)F)c1. The van der Waals surface area contributed by atoms with Gasteiger partial charge in [-0.15, -0.1) is 0 Å². The van der Waals surface area contributed by atoms with Crippen molar-refractivity contribution in [1.29, 1.82) is 5.26 Å². The van der Waals surface area contributed by atoms with Crippen LogP contribution in [0.3, 0.4) is 0 Å². The molecule has 102 valence electrons. The van der Waals surface area contributed by atoms with Crippen LogP contribution in [0.1, 0.15) is 11.3 Å². The predicted molar refractivity (Wildman–Crippen MR) is 69.0 cm³/mol. The van der Waals surface area contributed by atoms with Gasteiger partial charge in [0.25, 0.3) is 0 Å². The van der Waals surface area contributed by atoms with Crippen LogP contribution >= 0.6 is 11.6 Å². The third-order valence-electron chi connectivity index (χ3n) is 2.68. The number of pyridine rings is 1. The first-order valence-corrected chi connectivity index (χ1v) is 5.98. The number of aromatic nitrogens is 1.